The monoisotopic (exact) mass is 290 g/mol. The van der Waals surface area contributed by atoms with Crippen LogP contribution in [-0.2, 0) is 11.2 Å². The normalized spacial score (nSPS) is 12.3. The minimum absolute atomic E-state index is 0.209. The number of aromatic nitrogens is 1. The van der Waals surface area contributed by atoms with Crippen LogP contribution in [0.4, 0.5) is 4.79 Å². The summed E-state index contributed by atoms with van der Waals surface area (Å²) in [5.41, 5.74) is 4.25. The maximum atomic E-state index is 11.6. The van der Waals surface area contributed by atoms with Gasteiger partial charge in [-0.25, -0.2) is 14.6 Å². The summed E-state index contributed by atoms with van der Waals surface area (Å²) in [6.45, 7) is 0. The van der Waals surface area contributed by atoms with E-state index < -0.39 is 18.0 Å². The molecule has 0 saturated carbocycles. The highest BCUT2D eigenvalue weighted by Crippen LogP contribution is 2.19. The molecule has 0 aliphatic heterocycles. The van der Waals surface area contributed by atoms with Crippen LogP contribution < -0.4 is 10.7 Å². The molecule has 1 heterocycles. The number of carboxylic acids is 1. The van der Waals surface area contributed by atoms with E-state index in [4.69, 9.17) is 0 Å². The minimum atomic E-state index is -1.07. The van der Waals surface area contributed by atoms with E-state index in [1.165, 1.54) is 5.01 Å². The Morgan fingerprint density at radius 2 is 2.05 bits per heavy atom. The first-order chi connectivity index (χ1) is 9.97. The summed E-state index contributed by atoms with van der Waals surface area (Å²) < 4.78 is 0. The first kappa shape index (κ1) is 14.9. The number of nitrogens with zero attached hydrogens (tertiary/aromatic N) is 1. The molecule has 0 saturated heterocycles. The van der Waals surface area contributed by atoms with Crippen LogP contribution in [0.5, 0.6) is 0 Å². The first-order valence-corrected chi connectivity index (χ1v) is 6.49. The van der Waals surface area contributed by atoms with Crippen molar-refractivity contribution in [1.29, 1.82) is 0 Å². The Labute approximate surface area is 121 Å². The number of rotatable bonds is 5. The van der Waals surface area contributed by atoms with Crippen LogP contribution in [0.1, 0.15) is 5.56 Å². The van der Waals surface area contributed by atoms with Gasteiger partial charge in [-0.15, -0.1) is 0 Å². The summed E-state index contributed by atoms with van der Waals surface area (Å²) in [4.78, 5) is 26.0. The van der Waals surface area contributed by atoms with Gasteiger partial charge in [0.05, 0.1) is 0 Å². The Kier molecular flexibility index (Phi) is 4.44. The molecule has 1 aromatic heterocycles. The van der Waals surface area contributed by atoms with Gasteiger partial charge >= 0.3 is 12.0 Å². The molecule has 0 fully saturated rings. The summed E-state index contributed by atoms with van der Waals surface area (Å²) in [5.74, 6) is -1.07. The number of hydrazine groups is 1. The van der Waals surface area contributed by atoms with Crippen molar-refractivity contribution in [1.82, 2.24) is 20.7 Å². The number of aliphatic carboxylic acids is 1. The molecule has 0 aliphatic rings. The fourth-order valence-electron chi connectivity index (χ4n) is 2.11. The lowest BCUT2D eigenvalue weighted by atomic mass is 10.1. The third-order valence-corrected chi connectivity index (χ3v) is 3.03. The Hall–Kier alpha value is -2.54. The molecule has 0 radical (unpaired) electrons. The fraction of sp³-hybridized carbons (Fsp3) is 0.286. The van der Waals surface area contributed by atoms with Gasteiger partial charge in [0.1, 0.15) is 6.04 Å². The van der Waals surface area contributed by atoms with E-state index in [0.717, 1.165) is 16.5 Å². The van der Waals surface area contributed by atoms with Gasteiger partial charge in [0.25, 0.3) is 0 Å². The predicted octanol–water partition coefficient (Wildman–Crippen LogP) is 0.939. The molecule has 0 spiro atoms. The maximum absolute atomic E-state index is 11.6. The molecule has 112 valence electrons. The van der Waals surface area contributed by atoms with E-state index in [2.05, 4.69) is 15.7 Å². The van der Waals surface area contributed by atoms with Crippen LogP contribution in [0.25, 0.3) is 10.9 Å². The largest absolute Gasteiger partial charge is 0.480 e. The summed E-state index contributed by atoms with van der Waals surface area (Å²) >= 11 is 0. The summed E-state index contributed by atoms with van der Waals surface area (Å²) in [5, 5.41) is 14.1. The van der Waals surface area contributed by atoms with E-state index in [9.17, 15) is 14.7 Å². The summed E-state index contributed by atoms with van der Waals surface area (Å²) in [6.07, 6.45) is 1.98. The number of hydrogen-bond donors (Lipinski definition) is 4. The van der Waals surface area contributed by atoms with Crippen LogP contribution in [0.3, 0.4) is 0 Å². The van der Waals surface area contributed by atoms with Gasteiger partial charge in [0, 0.05) is 37.6 Å². The van der Waals surface area contributed by atoms with E-state index in [1.54, 1.807) is 20.3 Å². The lowest BCUT2D eigenvalue weighted by Gasteiger charge is -2.17. The third kappa shape index (κ3) is 3.73. The van der Waals surface area contributed by atoms with Crippen molar-refractivity contribution in [2.45, 2.75) is 12.5 Å². The van der Waals surface area contributed by atoms with Crippen LogP contribution in [0.15, 0.2) is 30.5 Å². The maximum Gasteiger partial charge on any atom is 0.330 e. The molecule has 0 bridgehead atoms. The van der Waals surface area contributed by atoms with Crippen LogP contribution >= 0.6 is 0 Å². The zero-order chi connectivity index (χ0) is 15.4. The smallest absolute Gasteiger partial charge is 0.330 e. The lowest BCUT2D eigenvalue weighted by molar-refractivity contribution is -0.139. The number of carbonyl (C=O) groups excluding carboxylic acids is 1. The van der Waals surface area contributed by atoms with Crippen molar-refractivity contribution >= 4 is 22.9 Å². The molecular weight excluding hydrogens is 272 g/mol. The Morgan fingerprint density at radius 3 is 2.71 bits per heavy atom. The molecule has 21 heavy (non-hydrogen) atoms. The summed E-state index contributed by atoms with van der Waals surface area (Å²) in [6, 6.07) is 6.08. The SMILES string of the molecule is CN(C)NC(=O)N[C@@H](Cc1c[nH]c2ccccc12)C(=O)O. The van der Waals surface area contributed by atoms with Crippen molar-refractivity contribution < 1.29 is 14.7 Å². The number of hydrogen-bond acceptors (Lipinski definition) is 3. The van der Waals surface area contributed by atoms with Gasteiger partial charge in [-0.2, -0.15) is 0 Å². The molecule has 2 aromatic rings. The minimum Gasteiger partial charge on any atom is -0.480 e. The molecule has 1 aromatic carbocycles. The zero-order valence-electron chi connectivity index (χ0n) is 11.9. The number of urea groups is 1. The van der Waals surface area contributed by atoms with Crippen molar-refractivity contribution in [3.05, 3.63) is 36.0 Å². The van der Waals surface area contributed by atoms with Crippen LogP contribution in [-0.4, -0.2) is 47.2 Å². The second-order valence-corrected chi connectivity index (χ2v) is 4.93. The molecule has 7 heteroatoms. The number of H-pyrrole nitrogens is 1. The van der Waals surface area contributed by atoms with Crippen molar-refractivity contribution in [3.63, 3.8) is 0 Å². The van der Waals surface area contributed by atoms with Gasteiger partial charge < -0.3 is 15.4 Å². The van der Waals surface area contributed by atoms with E-state index in [0.29, 0.717) is 0 Å². The number of aromatic amines is 1. The van der Waals surface area contributed by atoms with Crippen LogP contribution in [0.2, 0.25) is 0 Å². The van der Waals surface area contributed by atoms with E-state index >= 15 is 0 Å². The van der Waals surface area contributed by atoms with Gasteiger partial charge in [-0.1, -0.05) is 18.2 Å². The highest BCUT2D eigenvalue weighted by Gasteiger charge is 2.21. The van der Waals surface area contributed by atoms with E-state index in [1.807, 2.05) is 24.3 Å². The molecule has 2 rings (SSSR count). The molecule has 2 amide bonds. The molecule has 1 atom stereocenters. The highest BCUT2D eigenvalue weighted by molar-refractivity contribution is 5.86. The Balaban J connectivity index is 2.13. The number of fused-ring (bicyclic) bond motifs is 1. The Morgan fingerprint density at radius 1 is 1.33 bits per heavy atom. The third-order valence-electron chi connectivity index (χ3n) is 3.03. The predicted molar refractivity (Wildman–Crippen MR) is 78.8 cm³/mol. The number of benzene rings is 1. The topological polar surface area (TPSA) is 97.5 Å². The van der Waals surface area contributed by atoms with Crippen molar-refractivity contribution in [3.8, 4) is 0 Å². The molecule has 0 aliphatic carbocycles. The number of carbonyl (C=O) groups is 2. The number of amides is 2. The van der Waals surface area contributed by atoms with E-state index in [-0.39, 0.29) is 6.42 Å². The second-order valence-electron chi connectivity index (χ2n) is 4.93. The fourth-order valence-corrected chi connectivity index (χ4v) is 2.11. The van der Waals surface area contributed by atoms with Gasteiger partial charge in [0.15, 0.2) is 0 Å². The second kappa shape index (κ2) is 6.27. The van der Waals surface area contributed by atoms with Crippen LogP contribution in [0, 0.1) is 0 Å². The zero-order valence-corrected chi connectivity index (χ0v) is 11.9. The number of carboxylic acid groups (broad SMARTS) is 1. The molecule has 7 nitrogen and oxygen atoms in total. The molecule has 0 unspecified atom stereocenters. The average molecular weight is 290 g/mol. The Bertz CT molecular complexity index is 650. The standard InChI is InChI=1S/C14H18N4O3/c1-18(2)17-14(21)16-12(13(19)20)7-9-8-15-11-6-4-3-5-10(9)11/h3-6,8,12,15H,7H2,1-2H3,(H,19,20)(H2,16,17,21)/t12-/m0/s1. The number of nitrogens with one attached hydrogen (secondary N) is 3. The van der Waals surface area contributed by atoms with Gasteiger partial charge in [-0.05, 0) is 11.6 Å². The first-order valence-electron chi connectivity index (χ1n) is 6.49. The van der Waals surface area contributed by atoms with Gasteiger partial charge in [0.2, 0.25) is 0 Å². The average Bonchev–Trinajstić information content (AvgIpc) is 2.80. The lowest BCUT2D eigenvalue weighted by Crippen LogP contribution is -2.50. The summed E-state index contributed by atoms with van der Waals surface area (Å²) in [7, 11) is 3.30. The molecule has 4 N–H and O–H groups in total. The quantitative estimate of drug-likeness (QED) is 0.616. The number of para-hydroxylation sites is 1. The molecular formula is C14H18N4O3. The highest BCUT2D eigenvalue weighted by atomic mass is 16.4. The van der Waals surface area contributed by atoms with Crippen molar-refractivity contribution in [2.75, 3.05) is 14.1 Å². The van der Waals surface area contributed by atoms with Gasteiger partial charge in [-0.3, -0.25) is 5.43 Å². The van der Waals surface area contributed by atoms with Crippen molar-refractivity contribution in [2.24, 2.45) is 0 Å².